The summed E-state index contributed by atoms with van der Waals surface area (Å²) < 4.78 is 11.5. The van der Waals surface area contributed by atoms with Gasteiger partial charge >= 0.3 is 0 Å². The third-order valence-corrected chi connectivity index (χ3v) is 3.00. The van der Waals surface area contributed by atoms with Gasteiger partial charge in [-0.25, -0.2) is 4.98 Å². The van der Waals surface area contributed by atoms with Crippen LogP contribution >= 0.6 is 15.9 Å². The van der Waals surface area contributed by atoms with E-state index in [2.05, 4.69) is 20.9 Å². The second-order valence-corrected chi connectivity index (χ2v) is 4.30. The summed E-state index contributed by atoms with van der Waals surface area (Å²) in [6, 6.07) is 5.81. The summed E-state index contributed by atoms with van der Waals surface area (Å²) in [5.74, 6) is 1.52. The van der Waals surface area contributed by atoms with E-state index in [4.69, 9.17) is 9.47 Å². The topological polar surface area (TPSA) is 31.4 Å². The third-order valence-electron chi connectivity index (χ3n) is 2.41. The molecule has 2 aromatic rings. The molecule has 0 saturated heterocycles. The van der Waals surface area contributed by atoms with Crippen molar-refractivity contribution >= 4 is 26.8 Å². The number of nitrogens with zero attached hydrogens (tertiary/aromatic N) is 1. The number of benzene rings is 1. The van der Waals surface area contributed by atoms with Crippen LogP contribution in [0, 0.1) is 6.92 Å². The Morgan fingerprint density at radius 2 is 1.94 bits per heavy atom. The normalized spacial score (nSPS) is 10.5. The number of hydrogen-bond acceptors (Lipinski definition) is 3. The summed E-state index contributed by atoms with van der Waals surface area (Å²) in [6.07, 6.45) is 0. The molecule has 0 amide bonds. The lowest BCUT2D eigenvalue weighted by Gasteiger charge is -2.11. The maximum Gasteiger partial charge on any atom is 0.146 e. The molecule has 0 saturated carbocycles. The van der Waals surface area contributed by atoms with E-state index in [-0.39, 0.29) is 0 Å². The summed E-state index contributed by atoms with van der Waals surface area (Å²) in [6.45, 7) is 1.95. The summed E-state index contributed by atoms with van der Waals surface area (Å²) >= 11 is 3.45. The van der Waals surface area contributed by atoms with Gasteiger partial charge in [0.15, 0.2) is 0 Å². The number of pyridine rings is 1. The van der Waals surface area contributed by atoms with Crippen LogP contribution in [0.4, 0.5) is 0 Å². The quantitative estimate of drug-likeness (QED) is 0.846. The molecule has 3 nitrogen and oxygen atoms in total. The average molecular weight is 282 g/mol. The van der Waals surface area contributed by atoms with Gasteiger partial charge in [-0.3, -0.25) is 0 Å². The fourth-order valence-electron chi connectivity index (χ4n) is 1.67. The molecule has 0 radical (unpaired) electrons. The molecule has 0 aliphatic carbocycles. The lowest BCUT2D eigenvalue weighted by atomic mass is 10.1. The largest absolute Gasteiger partial charge is 0.495 e. The van der Waals surface area contributed by atoms with Gasteiger partial charge in [0.05, 0.1) is 18.7 Å². The van der Waals surface area contributed by atoms with E-state index < -0.39 is 0 Å². The fraction of sp³-hybridized carbons (Fsp3) is 0.250. The van der Waals surface area contributed by atoms with Crippen LogP contribution in [0.2, 0.25) is 0 Å². The zero-order valence-corrected chi connectivity index (χ0v) is 11.0. The number of ether oxygens (including phenoxy) is 2. The van der Waals surface area contributed by atoms with Gasteiger partial charge in [-0.1, -0.05) is 0 Å². The van der Waals surface area contributed by atoms with Crippen LogP contribution in [-0.4, -0.2) is 19.2 Å². The molecular weight excluding hydrogens is 270 g/mol. The van der Waals surface area contributed by atoms with Gasteiger partial charge in [0.2, 0.25) is 0 Å². The SMILES string of the molecule is COc1c(Br)cc(OC)c2nc(C)ccc12. The number of rotatable bonds is 2. The molecule has 1 aromatic carbocycles. The number of halogens is 1. The minimum Gasteiger partial charge on any atom is -0.495 e. The first-order valence-corrected chi connectivity index (χ1v) is 5.64. The van der Waals surface area contributed by atoms with Gasteiger partial charge in [0.1, 0.15) is 17.0 Å². The molecule has 0 unspecified atom stereocenters. The Morgan fingerprint density at radius 1 is 1.19 bits per heavy atom. The standard InChI is InChI=1S/C12H12BrNO2/c1-7-4-5-8-11(14-7)10(15-2)6-9(13)12(8)16-3/h4-6H,1-3H3. The van der Waals surface area contributed by atoms with Crippen molar-refractivity contribution in [3.05, 3.63) is 28.4 Å². The Morgan fingerprint density at radius 3 is 2.56 bits per heavy atom. The van der Waals surface area contributed by atoms with Crippen LogP contribution in [0.25, 0.3) is 10.9 Å². The average Bonchev–Trinajstić information content (AvgIpc) is 2.28. The van der Waals surface area contributed by atoms with Crippen LogP contribution in [0.1, 0.15) is 5.69 Å². The predicted molar refractivity (Wildman–Crippen MR) is 67.3 cm³/mol. The number of hydrogen-bond donors (Lipinski definition) is 0. The molecular formula is C12H12BrNO2. The number of aryl methyl sites for hydroxylation is 1. The molecule has 0 aliphatic heterocycles. The summed E-state index contributed by atoms with van der Waals surface area (Å²) in [5.41, 5.74) is 1.78. The zero-order valence-electron chi connectivity index (χ0n) is 9.37. The number of methoxy groups -OCH3 is 2. The summed E-state index contributed by atoms with van der Waals surface area (Å²) in [4.78, 5) is 4.47. The summed E-state index contributed by atoms with van der Waals surface area (Å²) in [7, 11) is 3.28. The van der Waals surface area contributed by atoms with Crippen molar-refractivity contribution < 1.29 is 9.47 Å². The fourth-order valence-corrected chi connectivity index (χ4v) is 2.25. The van der Waals surface area contributed by atoms with Gasteiger partial charge in [0.25, 0.3) is 0 Å². The summed E-state index contributed by atoms with van der Waals surface area (Å²) in [5, 5.41) is 0.944. The molecule has 2 rings (SSSR count). The maximum absolute atomic E-state index is 5.36. The molecule has 0 spiro atoms. The third kappa shape index (κ3) is 1.73. The van der Waals surface area contributed by atoms with Gasteiger partial charge in [0, 0.05) is 17.1 Å². The lowest BCUT2D eigenvalue weighted by molar-refractivity contribution is 0.407. The van der Waals surface area contributed by atoms with Crippen molar-refractivity contribution in [2.45, 2.75) is 6.92 Å². The van der Waals surface area contributed by atoms with E-state index in [1.165, 1.54) is 0 Å². The van der Waals surface area contributed by atoms with E-state index in [0.29, 0.717) is 0 Å². The molecule has 1 heterocycles. The highest BCUT2D eigenvalue weighted by atomic mass is 79.9. The first-order chi connectivity index (χ1) is 7.67. The minimum absolute atomic E-state index is 0.742. The first kappa shape index (κ1) is 11.2. The van der Waals surface area contributed by atoms with Crippen LogP contribution in [0.3, 0.4) is 0 Å². The van der Waals surface area contributed by atoms with E-state index in [9.17, 15) is 0 Å². The van der Waals surface area contributed by atoms with E-state index >= 15 is 0 Å². The van der Waals surface area contributed by atoms with Gasteiger partial charge in [-0.2, -0.15) is 0 Å². The highest BCUT2D eigenvalue weighted by Gasteiger charge is 2.12. The van der Waals surface area contributed by atoms with Crippen molar-refractivity contribution in [2.75, 3.05) is 14.2 Å². The molecule has 84 valence electrons. The van der Waals surface area contributed by atoms with Crippen LogP contribution in [-0.2, 0) is 0 Å². The van der Waals surface area contributed by atoms with Crippen LogP contribution in [0.5, 0.6) is 11.5 Å². The number of aromatic nitrogens is 1. The second kappa shape index (κ2) is 4.29. The van der Waals surface area contributed by atoms with Crippen molar-refractivity contribution in [2.24, 2.45) is 0 Å². The van der Waals surface area contributed by atoms with Crippen LogP contribution in [0.15, 0.2) is 22.7 Å². The predicted octanol–water partition coefficient (Wildman–Crippen LogP) is 3.32. The highest BCUT2D eigenvalue weighted by Crippen LogP contribution is 2.38. The minimum atomic E-state index is 0.742. The molecule has 0 fully saturated rings. The van der Waals surface area contributed by atoms with Crippen molar-refractivity contribution in [1.82, 2.24) is 4.98 Å². The monoisotopic (exact) mass is 281 g/mol. The molecule has 0 atom stereocenters. The van der Waals surface area contributed by atoms with Crippen LogP contribution < -0.4 is 9.47 Å². The Balaban J connectivity index is 2.87. The Kier molecular flexibility index (Phi) is 3.01. The molecule has 4 heteroatoms. The lowest BCUT2D eigenvalue weighted by Crippen LogP contribution is -1.94. The zero-order chi connectivity index (χ0) is 11.7. The Labute approximate surface area is 103 Å². The van der Waals surface area contributed by atoms with Gasteiger partial charge < -0.3 is 9.47 Å². The molecule has 1 aromatic heterocycles. The molecule has 0 bridgehead atoms. The highest BCUT2D eigenvalue weighted by molar-refractivity contribution is 9.10. The maximum atomic E-state index is 5.36. The number of fused-ring (bicyclic) bond motifs is 1. The molecule has 0 N–H and O–H groups in total. The van der Waals surface area contributed by atoms with E-state index in [0.717, 1.165) is 32.6 Å². The first-order valence-electron chi connectivity index (χ1n) is 4.85. The second-order valence-electron chi connectivity index (χ2n) is 3.44. The smallest absolute Gasteiger partial charge is 0.146 e. The van der Waals surface area contributed by atoms with E-state index in [1.54, 1.807) is 14.2 Å². The van der Waals surface area contributed by atoms with Crippen molar-refractivity contribution in [3.63, 3.8) is 0 Å². The Hall–Kier alpha value is -1.29. The van der Waals surface area contributed by atoms with E-state index in [1.807, 2.05) is 25.1 Å². The van der Waals surface area contributed by atoms with Gasteiger partial charge in [-0.15, -0.1) is 0 Å². The van der Waals surface area contributed by atoms with Gasteiger partial charge in [-0.05, 0) is 35.0 Å². The molecule has 16 heavy (non-hydrogen) atoms. The Bertz CT molecular complexity index is 540. The van der Waals surface area contributed by atoms with Crippen molar-refractivity contribution in [1.29, 1.82) is 0 Å². The molecule has 0 aliphatic rings. The van der Waals surface area contributed by atoms with Crippen molar-refractivity contribution in [3.8, 4) is 11.5 Å².